The molecule has 1 aromatic rings. The molecule has 0 bridgehead atoms. The highest BCUT2D eigenvalue weighted by molar-refractivity contribution is 7.89. The normalized spacial score (nSPS) is 18.4. The van der Waals surface area contributed by atoms with Crippen LogP contribution in [0.25, 0.3) is 0 Å². The van der Waals surface area contributed by atoms with E-state index >= 15 is 0 Å². The van der Waals surface area contributed by atoms with Crippen LogP contribution < -0.4 is 4.72 Å². The third-order valence-electron chi connectivity index (χ3n) is 3.65. The van der Waals surface area contributed by atoms with Crippen molar-refractivity contribution >= 4 is 10.0 Å². The molecule has 5 nitrogen and oxygen atoms in total. The van der Waals surface area contributed by atoms with E-state index in [9.17, 15) is 13.5 Å². The number of benzene rings is 1. The quantitative estimate of drug-likeness (QED) is 0.881. The minimum absolute atomic E-state index is 0.0200. The second kappa shape index (κ2) is 5.92. The Morgan fingerprint density at radius 1 is 1.30 bits per heavy atom. The maximum atomic E-state index is 12.2. The SMILES string of the molecule is N#Cc1cccc(S(=O)(=O)NCC2(O)CCCCC2)c1. The average Bonchev–Trinajstić information content (AvgIpc) is 2.46. The first-order valence-electron chi connectivity index (χ1n) is 6.67. The molecular weight excluding hydrogens is 276 g/mol. The molecule has 0 aromatic heterocycles. The van der Waals surface area contributed by atoms with Gasteiger partial charge in [0.25, 0.3) is 0 Å². The van der Waals surface area contributed by atoms with Crippen molar-refractivity contribution in [3.63, 3.8) is 0 Å². The van der Waals surface area contributed by atoms with Gasteiger partial charge < -0.3 is 5.11 Å². The lowest BCUT2D eigenvalue weighted by Crippen LogP contribution is -2.44. The maximum absolute atomic E-state index is 12.2. The Labute approximate surface area is 119 Å². The van der Waals surface area contributed by atoms with E-state index in [1.54, 1.807) is 6.07 Å². The Hall–Kier alpha value is -1.42. The van der Waals surface area contributed by atoms with Gasteiger partial charge in [0.15, 0.2) is 0 Å². The van der Waals surface area contributed by atoms with E-state index in [1.165, 1.54) is 18.2 Å². The molecule has 20 heavy (non-hydrogen) atoms. The molecule has 0 spiro atoms. The van der Waals surface area contributed by atoms with Crippen LogP contribution in [0.5, 0.6) is 0 Å². The van der Waals surface area contributed by atoms with Crippen LogP contribution in [-0.2, 0) is 10.0 Å². The van der Waals surface area contributed by atoms with E-state index in [0.29, 0.717) is 18.4 Å². The molecule has 0 saturated heterocycles. The summed E-state index contributed by atoms with van der Waals surface area (Å²) in [5.74, 6) is 0. The number of nitrogens with zero attached hydrogens (tertiary/aromatic N) is 1. The van der Waals surface area contributed by atoms with Crippen molar-refractivity contribution in [3.8, 4) is 6.07 Å². The molecule has 0 atom stereocenters. The number of rotatable bonds is 4. The Bertz CT molecular complexity index is 614. The highest BCUT2D eigenvalue weighted by Crippen LogP contribution is 2.27. The Morgan fingerprint density at radius 3 is 2.65 bits per heavy atom. The first-order chi connectivity index (χ1) is 9.45. The van der Waals surface area contributed by atoms with Gasteiger partial charge in [0.05, 0.1) is 22.1 Å². The fourth-order valence-electron chi connectivity index (χ4n) is 2.43. The van der Waals surface area contributed by atoms with Gasteiger partial charge in [-0.25, -0.2) is 13.1 Å². The standard InChI is InChI=1S/C14H18N2O3S/c15-10-12-5-4-6-13(9-12)20(18,19)16-11-14(17)7-2-1-3-8-14/h4-6,9,16-17H,1-3,7-8,11H2. The zero-order valence-corrected chi connectivity index (χ0v) is 12.0. The minimum atomic E-state index is -3.69. The molecule has 2 rings (SSSR count). The second-order valence-corrected chi connectivity index (χ2v) is 7.02. The van der Waals surface area contributed by atoms with Crippen LogP contribution in [0.15, 0.2) is 29.2 Å². The predicted molar refractivity (Wildman–Crippen MR) is 74.4 cm³/mol. The molecule has 2 N–H and O–H groups in total. The lowest BCUT2D eigenvalue weighted by Gasteiger charge is -2.32. The lowest BCUT2D eigenvalue weighted by molar-refractivity contribution is 0.00945. The molecule has 1 aliphatic carbocycles. The zero-order chi connectivity index (χ0) is 14.6. The van der Waals surface area contributed by atoms with E-state index in [4.69, 9.17) is 5.26 Å². The number of hydrogen-bond donors (Lipinski definition) is 2. The smallest absolute Gasteiger partial charge is 0.240 e. The van der Waals surface area contributed by atoms with E-state index in [0.717, 1.165) is 19.3 Å². The van der Waals surface area contributed by atoms with Gasteiger partial charge in [-0.3, -0.25) is 0 Å². The first-order valence-corrected chi connectivity index (χ1v) is 8.16. The highest BCUT2D eigenvalue weighted by Gasteiger charge is 2.30. The molecule has 1 aliphatic rings. The van der Waals surface area contributed by atoms with Crippen molar-refractivity contribution in [3.05, 3.63) is 29.8 Å². The summed E-state index contributed by atoms with van der Waals surface area (Å²) in [6.07, 6.45) is 4.16. The summed E-state index contributed by atoms with van der Waals surface area (Å²) in [5.41, 5.74) is -0.651. The molecule has 0 radical (unpaired) electrons. The number of nitriles is 1. The highest BCUT2D eigenvalue weighted by atomic mass is 32.2. The summed E-state index contributed by atoms with van der Waals surface area (Å²) < 4.78 is 26.8. The monoisotopic (exact) mass is 294 g/mol. The van der Waals surface area contributed by atoms with Gasteiger partial charge in [-0.1, -0.05) is 25.3 Å². The summed E-state index contributed by atoms with van der Waals surface area (Å²) in [7, 11) is -3.69. The van der Waals surface area contributed by atoms with E-state index in [2.05, 4.69) is 4.72 Å². The van der Waals surface area contributed by atoms with Crippen molar-refractivity contribution in [1.82, 2.24) is 4.72 Å². The molecule has 1 saturated carbocycles. The summed E-state index contributed by atoms with van der Waals surface area (Å²) in [4.78, 5) is 0.0518. The second-order valence-electron chi connectivity index (χ2n) is 5.25. The van der Waals surface area contributed by atoms with Gasteiger partial charge in [0, 0.05) is 6.54 Å². The third kappa shape index (κ3) is 3.57. The largest absolute Gasteiger partial charge is 0.389 e. The van der Waals surface area contributed by atoms with Gasteiger partial charge in [-0.15, -0.1) is 0 Å². The fourth-order valence-corrected chi connectivity index (χ4v) is 3.60. The van der Waals surface area contributed by atoms with Crippen LogP contribution in [-0.4, -0.2) is 25.7 Å². The van der Waals surface area contributed by atoms with E-state index < -0.39 is 15.6 Å². The molecular formula is C14H18N2O3S. The Balaban J connectivity index is 2.09. The third-order valence-corrected chi connectivity index (χ3v) is 5.05. The van der Waals surface area contributed by atoms with Crippen molar-refractivity contribution in [2.24, 2.45) is 0 Å². The first kappa shape index (κ1) is 15.0. The number of hydrogen-bond acceptors (Lipinski definition) is 4. The Morgan fingerprint density at radius 2 is 2.00 bits per heavy atom. The van der Waals surface area contributed by atoms with E-state index in [1.807, 2.05) is 6.07 Å². The van der Waals surface area contributed by atoms with Gasteiger partial charge in [0.2, 0.25) is 10.0 Å². The van der Waals surface area contributed by atoms with Crippen molar-refractivity contribution in [2.45, 2.75) is 42.6 Å². The van der Waals surface area contributed by atoms with Crippen LogP contribution in [0.1, 0.15) is 37.7 Å². The zero-order valence-electron chi connectivity index (χ0n) is 11.2. The topological polar surface area (TPSA) is 90.2 Å². The van der Waals surface area contributed by atoms with Gasteiger partial charge in [0.1, 0.15) is 0 Å². The summed E-state index contributed by atoms with van der Waals surface area (Å²) in [6, 6.07) is 7.76. The lowest BCUT2D eigenvalue weighted by atomic mass is 9.85. The molecule has 0 heterocycles. The fraction of sp³-hybridized carbons (Fsp3) is 0.500. The summed E-state index contributed by atoms with van der Waals surface area (Å²) >= 11 is 0. The summed E-state index contributed by atoms with van der Waals surface area (Å²) in [5, 5.41) is 19.1. The predicted octanol–water partition coefficient (Wildman–Crippen LogP) is 1.53. The molecule has 0 aliphatic heterocycles. The molecule has 0 amide bonds. The molecule has 108 valence electrons. The van der Waals surface area contributed by atoms with E-state index in [-0.39, 0.29) is 11.4 Å². The molecule has 6 heteroatoms. The van der Waals surface area contributed by atoms with Crippen LogP contribution in [0.4, 0.5) is 0 Å². The minimum Gasteiger partial charge on any atom is -0.389 e. The van der Waals surface area contributed by atoms with Crippen molar-refractivity contribution in [2.75, 3.05) is 6.54 Å². The van der Waals surface area contributed by atoms with Gasteiger partial charge in [-0.05, 0) is 31.0 Å². The van der Waals surface area contributed by atoms with Crippen LogP contribution in [0.2, 0.25) is 0 Å². The molecule has 0 unspecified atom stereocenters. The number of nitrogens with one attached hydrogen (secondary N) is 1. The van der Waals surface area contributed by atoms with Crippen molar-refractivity contribution < 1.29 is 13.5 Å². The van der Waals surface area contributed by atoms with Crippen molar-refractivity contribution in [1.29, 1.82) is 5.26 Å². The maximum Gasteiger partial charge on any atom is 0.240 e. The number of sulfonamides is 1. The van der Waals surface area contributed by atoms with Crippen LogP contribution >= 0.6 is 0 Å². The molecule has 1 aromatic carbocycles. The average molecular weight is 294 g/mol. The molecule has 1 fully saturated rings. The van der Waals surface area contributed by atoms with Crippen LogP contribution in [0, 0.1) is 11.3 Å². The van der Waals surface area contributed by atoms with Gasteiger partial charge >= 0.3 is 0 Å². The Kier molecular flexibility index (Phi) is 4.43. The van der Waals surface area contributed by atoms with Gasteiger partial charge in [-0.2, -0.15) is 5.26 Å². The number of aliphatic hydroxyl groups is 1. The van der Waals surface area contributed by atoms with Crippen LogP contribution in [0.3, 0.4) is 0 Å². The summed E-state index contributed by atoms with van der Waals surface area (Å²) in [6.45, 7) is 0.0200.